The minimum atomic E-state index is 0. The van der Waals surface area contributed by atoms with Gasteiger partial charge >= 0.3 is 0 Å². The summed E-state index contributed by atoms with van der Waals surface area (Å²) in [6.07, 6.45) is 2.55. The maximum atomic E-state index is 12.4. The van der Waals surface area contributed by atoms with Crippen LogP contribution in [-0.4, -0.2) is 42.8 Å². The molecule has 1 fully saturated rings. The first-order valence-electron chi connectivity index (χ1n) is 7.82. The zero-order valence-electron chi connectivity index (χ0n) is 13.5. The van der Waals surface area contributed by atoms with Crippen molar-refractivity contribution >= 4 is 29.2 Å². The van der Waals surface area contributed by atoms with Gasteiger partial charge in [-0.1, -0.05) is 18.2 Å². The number of benzene rings is 1. The van der Waals surface area contributed by atoms with Gasteiger partial charge in [0.25, 0.3) is 0 Å². The van der Waals surface area contributed by atoms with Gasteiger partial charge in [-0.2, -0.15) is 0 Å². The quantitative estimate of drug-likeness (QED) is 0.873. The van der Waals surface area contributed by atoms with Crippen molar-refractivity contribution in [1.29, 1.82) is 0 Å². The summed E-state index contributed by atoms with van der Waals surface area (Å²) in [7, 11) is 1.69. The molecule has 0 aliphatic carbocycles. The molecule has 1 unspecified atom stereocenters. The third-order valence-electron chi connectivity index (χ3n) is 4.37. The minimum absolute atomic E-state index is 0. The van der Waals surface area contributed by atoms with Crippen molar-refractivity contribution in [2.24, 2.45) is 0 Å². The monoisotopic (exact) mass is 337 g/mol. The molecule has 0 saturated carbocycles. The largest absolute Gasteiger partial charge is 0.378 e. The van der Waals surface area contributed by atoms with Crippen LogP contribution in [0.5, 0.6) is 0 Å². The SMILES string of the molecule is CCn1cc(CC(=O)NC2CNC[C@@H]2OC)c2ccccc21.Cl. The van der Waals surface area contributed by atoms with Gasteiger partial charge in [-0.15, -0.1) is 12.4 Å². The summed E-state index contributed by atoms with van der Waals surface area (Å²) in [6, 6.07) is 8.29. The van der Waals surface area contributed by atoms with E-state index in [1.54, 1.807) is 7.11 Å². The number of fused-ring (bicyclic) bond motifs is 1. The second kappa shape index (κ2) is 7.81. The third kappa shape index (κ3) is 3.68. The predicted octanol–water partition coefficient (Wildman–Crippen LogP) is 1.73. The van der Waals surface area contributed by atoms with Crippen LogP contribution in [0.3, 0.4) is 0 Å². The number of para-hydroxylation sites is 1. The number of rotatable bonds is 5. The summed E-state index contributed by atoms with van der Waals surface area (Å²) < 4.78 is 7.57. The van der Waals surface area contributed by atoms with E-state index in [1.165, 1.54) is 5.52 Å². The summed E-state index contributed by atoms with van der Waals surface area (Å²) >= 11 is 0. The molecule has 1 saturated heterocycles. The first kappa shape index (κ1) is 17.8. The standard InChI is InChI=1S/C17H23N3O2.ClH/c1-3-20-11-12(13-6-4-5-7-15(13)20)8-17(21)19-14-9-18-10-16(14)22-2;/h4-7,11,14,16,18H,3,8-10H2,1-2H3,(H,19,21);1H/t14?,16-;/m0./s1. The molecule has 2 heterocycles. The Labute approximate surface area is 142 Å². The summed E-state index contributed by atoms with van der Waals surface area (Å²) in [4.78, 5) is 12.4. The van der Waals surface area contributed by atoms with Crippen LogP contribution in [0.2, 0.25) is 0 Å². The van der Waals surface area contributed by atoms with Crippen molar-refractivity contribution in [1.82, 2.24) is 15.2 Å². The average molecular weight is 338 g/mol. The normalized spacial score (nSPS) is 20.4. The molecule has 3 rings (SSSR count). The Morgan fingerprint density at radius 3 is 2.91 bits per heavy atom. The second-order valence-electron chi connectivity index (χ2n) is 5.74. The summed E-state index contributed by atoms with van der Waals surface area (Å²) in [5, 5.41) is 7.49. The van der Waals surface area contributed by atoms with Crippen LogP contribution >= 0.6 is 12.4 Å². The van der Waals surface area contributed by atoms with Crippen LogP contribution in [0.4, 0.5) is 0 Å². The van der Waals surface area contributed by atoms with E-state index in [0.717, 1.165) is 30.6 Å². The Bertz CT molecular complexity index is 671. The number of nitrogens with zero attached hydrogens (tertiary/aromatic N) is 1. The van der Waals surface area contributed by atoms with Crippen LogP contribution in [0.15, 0.2) is 30.5 Å². The zero-order valence-corrected chi connectivity index (χ0v) is 14.4. The average Bonchev–Trinajstić information content (AvgIpc) is 3.12. The molecule has 1 amide bonds. The fourth-order valence-electron chi connectivity index (χ4n) is 3.20. The number of hydrogen-bond acceptors (Lipinski definition) is 3. The van der Waals surface area contributed by atoms with Crippen molar-refractivity contribution in [2.75, 3.05) is 20.2 Å². The van der Waals surface area contributed by atoms with Crippen LogP contribution in [0, 0.1) is 0 Å². The van der Waals surface area contributed by atoms with Crippen molar-refractivity contribution < 1.29 is 9.53 Å². The number of amides is 1. The van der Waals surface area contributed by atoms with Gasteiger partial charge in [-0.05, 0) is 18.6 Å². The molecule has 2 aromatic rings. The molecule has 0 bridgehead atoms. The van der Waals surface area contributed by atoms with E-state index in [1.807, 2.05) is 12.1 Å². The molecule has 1 aliphatic heterocycles. The van der Waals surface area contributed by atoms with E-state index in [0.29, 0.717) is 6.42 Å². The van der Waals surface area contributed by atoms with Gasteiger partial charge in [-0.3, -0.25) is 4.79 Å². The van der Waals surface area contributed by atoms with E-state index in [9.17, 15) is 4.79 Å². The molecule has 2 N–H and O–H groups in total. The molecular weight excluding hydrogens is 314 g/mol. The number of ether oxygens (including phenoxy) is 1. The first-order valence-corrected chi connectivity index (χ1v) is 7.82. The summed E-state index contributed by atoms with van der Waals surface area (Å²) in [6.45, 7) is 4.57. The highest BCUT2D eigenvalue weighted by atomic mass is 35.5. The maximum absolute atomic E-state index is 12.4. The molecule has 0 spiro atoms. The Kier molecular flexibility index (Phi) is 6.04. The molecule has 1 aromatic heterocycles. The Balaban J connectivity index is 0.00000192. The summed E-state index contributed by atoms with van der Waals surface area (Å²) in [5.74, 6) is 0.0507. The number of carbonyl (C=O) groups is 1. The van der Waals surface area contributed by atoms with Crippen molar-refractivity contribution in [3.05, 3.63) is 36.0 Å². The number of aryl methyl sites for hydroxylation is 1. The Morgan fingerprint density at radius 2 is 2.17 bits per heavy atom. The van der Waals surface area contributed by atoms with Gasteiger partial charge in [0.05, 0.1) is 18.6 Å². The highest BCUT2D eigenvalue weighted by Gasteiger charge is 2.28. The number of methoxy groups -OCH3 is 1. The molecule has 5 nitrogen and oxygen atoms in total. The van der Waals surface area contributed by atoms with E-state index in [-0.39, 0.29) is 30.5 Å². The molecule has 0 radical (unpaired) electrons. The van der Waals surface area contributed by atoms with E-state index >= 15 is 0 Å². The topological polar surface area (TPSA) is 55.3 Å². The van der Waals surface area contributed by atoms with Crippen LogP contribution < -0.4 is 10.6 Å². The minimum Gasteiger partial charge on any atom is -0.378 e. The van der Waals surface area contributed by atoms with Crippen molar-refractivity contribution in [3.63, 3.8) is 0 Å². The van der Waals surface area contributed by atoms with E-state index in [2.05, 4.69) is 40.5 Å². The first-order chi connectivity index (χ1) is 10.7. The summed E-state index contributed by atoms with van der Waals surface area (Å²) in [5.41, 5.74) is 2.26. The lowest BCUT2D eigenvalue weighted by Gasteiger charge is -2.18. The van der Waals surface area contributed by atoms with Gasteiger partial charge in [0.2, 0.25) is 5.91 Å². The molecule has 23 heavy (non-hydrogen) atoms. The lowest BCUT2D eigenvalue weighted by Crippen LogP contribution is -2.44. The van der Waals surface area contributed by atoms with E-state index in [4.69, 9.17) is 4.74 Å². The molecular formula is C17H24ClN3O2. The molecule has 6 heteroatoms. The Hall–Kier alpha value is -1.56. The highest BCUT2D eigenvalue weighted by Crippen LogP contribution is 2.21. The third-order valence-corrected chi connectivity index (χ3v) is 4.37. The van der Waals surface area contributed by atoms with Crippen LogP contribution in [0.1, 0.15) is 12.5 Å². The van der Waals surface area contributed by atoms with Crippen LogP contribution in [0.25, 0.3) is 10.9 Å². The fraction of sp³-hybridized carbons (Fsp3) is 0.471. The number of nitrogens with one attached hydrogen (secondary N) is 2. The smallest absolute Gasteiger partial charge is 0.224 e. The molecule has 1 aromatic carbocycles. The lowest BCUT2D eigenvalue weighted by molar-refractivity contribution is -0.121. The predicted molar refractivity (Wildman–Crippen MR) is 94.2 cm³/mol. The number of aromatic nitrogens is 1. The highest BCUT2D eigenvalue weighted by molar-refractivity contribution is 5.89. The van der Waals surface area contributed by atoms with E-state index < -0.39 is 0 Å². The van der Waals surface area contributed by atoms with Gasteiger partial charge in [0.15, 0.2) is 0 Å². The van der Waals surface area contributed by atoms with Gasteiger partial charge in [0, 0.05) is 43.8 Å². The lowest BCUT2D eigenvalue weighted by atomic mass is 10.1. The number of halogens is 1. The Morgan fingerprint density at radius 1 is 1.39 bits per heavy atom. The molecule has 126 valence electrons. The number of carbonyl (C=O) groups excluding carboxylic acids is 1. The van der Waals surface area contributed by atoms with Gasteiger partial charge in [-0.25, -0.2) is 0 Å². The van der Waals surface area contributed by atoms with Gasteiger partial charge < -0.3 is 19.9 Å². The second-order valence-corrected chi connectivity index (χ2v) is 5.74. The fourth-order valence-corrected chi connectivity index (χ4v) is 3.20. The zero-order chi connectivity index (χ0) is 15.5. The number of hydrogen-bond donors (Lipinski definition) is 2. The van der Waals surface area contributed by atoms with Crippen LogP contribution in [-0.2, 0) is 22.5 Å². The van der Waals surface area contributed by atoms with Crippen molar-refractivity contribution in [2.45, 2.75) is 32.0 Å². The molecule has 2 atom stereocenters. The maximum Gasteiger partial charge on any atom is 0.224 e. The van der Waals surface area contributed by atoms with Crippen molar-refractivity contribution in [3.8, 4) is 0 Å². The molecule has 1 aliphatic rings. The van der Waals surface area contributed by atoms with Gasteiger partial charge in [0.1, 0.15) is 0 Å².